The molecular weight excluding hydrogens is 198 g/mol. The molecule has 0 atom stereocenters. The van der Waals surface area contributed by atoms with Crippen LogP contribution in [0.2, 0.25) is 0 Å². The molecule has 1 aromatic heterocycles. The molecule has 3 nitrogen and oxygen atoms in total. The quantitative estimate of drug-likeness (QED) is 0.769. The van der Waals surface area contributed by atoms with Crippen LogP contribution >= 0.6 is 0 Å². The molecule has 1 aromatic carbocycles. The Bertz CT molecular complexity index is 543. The van der Waals surface area contributed by atoms with E-state index in [-0.39, 0.29) is 0 Å². The summed E-state index contributed by atoms with van der Waals surface area (Å²) >= 11 is 0. The first kappa shape index (κ1) is 10.7. The molecule has 1 heterocycles. The van der Waals surface area contributed by atoms with Crippen molar-refractivity contribution < 1.29 is 0 Å². The Hall–Kier alpha value is -1.79. The molecule has 0 aliphatic rings. The molecule has 3 heteroatoms. The lowest BCUT2D eigenvalue weighted by Gasteiger charge is -2.02. The minimum Gasteiger partial charge on any atom is -0.327 e. The van der Waals surface area contributed by atoms with Gasteiger partial charge in [-0.1, -0.05) is 24.0 Å². The zero-order chi connectivity index (χ0) is 11.4. The molecule has 0 saturated carbocycles. The van der Waals surface area contributed by atoms with Gasteiger partial charge in [0.05, 0.1) is 24.0 Å². The van der Waals surface area contributed by atoms with Gasteiger partial charge in [-0.15, -0.1) is 0 Å². The topological polar surface area (TPSA) is 43.8 Å². The number of para-hydroxylation sites is 2. The van der Waals surface area contributed by atoms with Crippen molar-refractivity contribution in [2.24, 2.45) is 5.73 Å². The summed E-state index contributed by atoms with van der Waals surface area (Å²) < 4.78 is 2.19. The maximum atomic E-state index is 5.34. The molecule has 0 spiro atoms. The van der Waals surface area contributed by atoms with E-state index in [1.807, 2.05) is 18.2 Å². The summed E-state index contributed by atoms with van der Waals surface area (Å²) in [4.78, 5) is 4.57. The summed E-state index contributed by atoms with van der Waals surface area (Å²) in [7, 11) is 0. The minimum absolute atomic E-state index is 0.409. The molecule has 0 amide bonds. The lowest BCUT2D eigenvalue weighted by molar-refractivity contribution is 0.741. The summed E-state index contributed by atoms with van der Waals surface area (Å²) in [6.07, 6.45) is 0.666. The number of hydrogen-bond acceptors (Lipinski definition) is 2. The lowest BCUT2D eigenvalue weighted by Crippen LogP contribution is -2.01. The van der Waals surface area contributed by atoms with E-state index >= 15 is 0 Å². The molecule has 0 aliphatic carbocycles. The highest BCUT2D eigenvalue weighted by Gasteiger charge is 2.06. The highest BCUT2D eigenvalue weighted by Crippen LogP contribution is 2.15. The van der Waals surface area contributed by atoms with Crippen molar-refractivity contribution in [3.8, 4) is 11.8 Å². The Morgan fingerprint density at radius 2 is 2.12 bits per heavy atom. The molecule has 0 bridgehead atoms. The van der Waals surface area contributed by atoms with Gasteiger partial charge in [0.15, 0.2) is 0 Å². The molecular formula is C13H15N3. The highest BCUT2D eigenvalue weighted by molar-refractivity contribution is 5.75. The van der Waals surface area contributed by atoms with Gasteiger partial charge in [-0.05, 0) is 19.1 Å². The number of aryl methyl sites for hydroxylation is 1. The van der Waals surface area contributed by atoms with Gasteiger partial charge in [-0.2, -0.15) is 0 Å². The predicted octanol–water partition coefficient (Wildman–Crippen LogP) is 1.56. The van der Waals surface area contributed by atoms with E-state index in [9.17, 15) is 0 Å². The van der Waals surface area contributed by atoms with Crippen molar-refractivity contribution in [3.05, 3.63) is 30.1 Å². The van der Waals surface area contributed by atoms with Gasteiger partial charge >= 0.3 is 0 Å². The second-order valence-electron chi connectivity index (χ2n) is 3.50. The van der Waals surface area contributed by atoms with Crippen LogP contribution in [0.15, 0.2) is 24.3 Å². The van der Waals surface area contributed by atoms with Crippen LogP contribution in [0.3, 0.4) is 0 Å². The maximum absolute atomic E-state index is 5.34. The van der Waals surface area contributed by atoms with E-state index in [0.717, 1.165) is 17.9 Å². The van der Waals surface area contributed by atoms with E-state index in [1.54, 1.807) is 0 Å². The molecule has 0 fully saturated rings. The van der Waals surface area contributed by atoms with Crippen LogP contribution in [0.4, 0.5) is 0 Å². The zero-order valence-corrected chi connectivity index (χ0v) is 9.40. The molecule has 0 saturated heterocycles. The number of imidazole rings is 1. The van der Waals surface area contributed by atoms with Gasteiger partial charge in [0.2, 0.25) is 0 Å². The van der Waals surface area contributed by atoms with Crippen molar-refractivity contribution >= 4 is 11.0 Å². The average molecular weight is 213 g/mol. The fraction of sp³-hybridized carbons (Fsp3) is 0.308. The maximum Gasteiger partial charge on any atom is 0.121 e. The number of nitrogens with zero attached hydrogens (tertiary/aromatic N) is 2. The van der Waals surface area contributed by atoms with Gasteiger partial charge in [-0.25, -0.2) is 4.98 Å². The van der Waals surface area contributed by atoms with E-state index in [4.69, 9.17) is 5.73 Å². The molecule has 82 valence electrons. The third kappa shape index (κ3) is 1.93. The standard InChI is InChI=1S/C13H15N3/c1-2-16-12-8-4-3-7-11(12)15-13(16)9-5-6-10-14/h3-4,7-8H,2,9-10,14H2,1H3. The Kier molecular flexibility index (Phi) is 3.23. The summed E-state index contributed by atoms with van der Waals surface area (Å²) in [6.45, 7) is 3.44. The Balaban J connectivity index is 2.44. The first-order valence-electron chi connectivity index (χ1n) is 5.46. The van der Waals surface area contributed by atoms with Crippen molar-refractivity contribution in [2.45, 2.75) is 19.9 Å². The molecule has 0 radical (unpaired) electrons. The SMILES string of the molecule is CCn1c(CC#CCN)nc2ccccc21. The Labute approximate surface area is 95.3 Å². The number of hydrogen-bond donors (Lipinski definition) is 1. The lowest BCUT2D eigenvalue weighted by atomic mass is 10.3. The second kappa shape index (κ2) is 4.82. The van der Waals surface area contributed by atoms with E-state index < -0.39 is 0 Å². The van der Waals surface area contributed by atoms with Crippen molar-refractivity contribution in [3.63, 3.8) is 0 Å². The average Bonchev–Trinajstić information content (AvgIpc) is 2.67. The smallest absolute Gasteiger partial charge is 0.121 e. The predicted molar refractivity (Wildman–Crippen MR) is 65.9 cm³/mol. The fourth-order valence-corrected chi connectivity index (χ4v) is 1.83. The summed E-state index contributed by atoms with van der Waals surface area (Å²) in [5.41, 5.74) is 7.55. The third-order valence-electron chi connectivity index (χ3n) is 2.52. The number of rotatable bonds is 2. The fourth-order valence-electron chi connectivity index (χ4n) is 1.83. The van der Waals surface area contributed by atoms with E-state index in [2.05, 4.69) is 34.4 Å². The monoisotopic (exact) mass is 213 g/mol. The first-order valence-corrected chi connectivity index (χ1v) is 5.46. The first-order chi connectivity index (χ1) is 7.86. The van der Waals surface area contributed by atoms with E-state index in [1.165, 1.54) is 5.52 Å². The normalized spacial score (nSPS) is 10.1. The van der Waals surface area contributed by atoms with Crippen molar-refractivity contribution in [1.29, 1.82) is 0 Å². The summed E-state index contributed by atoms with van der Waals surface area (Å²) in [6, 6.07) is 8.16. The molecule has 0 aliphatic heterocycles. The molecule has 2 rings (SSSR count). The second-order valence-corrected chi connectivity index (χ2v) is 3.50. The number of benzene rings is 1. The third-order valence-corrected chi connectivity index (χ3v) is 2.52. The van der Waals surface area contributed by atoms with Gasteiger partial charge in [0.25, 0.3) is 0 Å². The molecule has 2 N–H and O–H groups in total. The zero-order valence-electron chi connectivity index (χ0n) is 9.40. The van der Waals surface area contributed by atoms with Crippen LogP contribution in [0.5, 0.6) is 0 Å². The van der Waals surface area contributed by atoms with Crippen LogP contribution in [0.1, 0.15) is 12.7 Å². The van der Waals surface area contributed by atoms with Crippen LogP contribution in [-0.4, -0.2) is 16.1 Å². The van der Waals surface area contributed by atoms with Gasteiger partial charge in [0.1, 0.15) is 5.82 Å². The number of nitrogens with two attached hydrogens (primary N) is 1. The van der Waals surface area contributed by atoms with Crippen LogP contribution in [-0.2, 0) is 13.0 Å². The molecule has 16 heavy (non-hydrogen) atoms. The van der Waals surface area contributed by atoms with Gasteiger partial charge < -0.3 is 10.3 Å². The Morgan fingerprint density at radius 3 is 2.88 bits per heavy atom. The van der Waals surface area contributed by atoms with Crippen molar-refractivity contribution in [1.82, 2.24) is 9.55 Å². The van der Waals surface area contributed by atoms with Crippen LogP contribution in [0.25, 0.3) is 11.0 Å². The Morgan fingerprint density at radius 1 is 1.31 bits per heavy atom. The van der Waals surface area contributed by atoms with E-state index in [0.29, 0.717) is 13.0 Å². The molecule has 2 aromatic rings. The summed E-state index contributed by atoms with van der Waals surface area (Å²) in [5, 5.41) is 0. The van der Waals surface area contributed by atoms with Gasteiger partial charge in [-0.3, -0.25) is 0 Å². The number of aromatic nitrogens is 2. The van der Waals surface area contributed by atoms with Crippen LogP contribution < -0.4 is 5.73 Å². The van der Waals surface area contributed by atoms with Crippen LogP contribution in [0, 0.1) is 11.8 Å². The number of fused-ring (bicyclic) bond motifs is 1. The van der Waals surface area contributed by atoms with Crippen molar-refractivity contribution in [2.75, 3.05) is 6.54 Å². The van der Waals surface area contributed by atoms with Gasteiger partial charge in [0, 0.05) is 6.54 Å². The molecule has 0 unspecified atom stereocenters. The summed E-state index contributed by atoms with van der Waals surface area (Å²) in [5.74, 6) is 6.91. The highest BCUT2D eigenvalue weighted by atomic mass is 15.1. The minimum atomic E-state index is 0.409. The largest absolute Gasteiger partial charge is 0.327 e.